The van der Waals surface area contributed by atoms with Crippen LogP contribution in [0, 0.1) is 0 Å². The van der Waals surface area contributed by atoms with Crippen molar-refractivity contribution in [2.24, 2.45) is 0 Å². The van der Waals surface area contributed by atoms with Gasteiger partial charge in [-0.3, -0.25) is 4.57 Å². The van der Waals surface area contributed by atoms with Crippen LogP contribution >= 0.6 is 7.60 Å². The van der Waals surface area contributed by atoms with Gasteiger partial charge in [0, 0.05) is 0 Å². The predicted octanol–water partition coefficient (Wildman–Crippen LogP) is 5.96. The molecule has 0 saturated heterocycles. The van der Waals surface area contributed by atoms with Crippen molar-refractivity contribution in [3.05, 3.63) is 77.9 Å². The van der Waals surface area contributed by atoms with E-state index in [0.717, 1.165) is 28.2 Å². The summed E-state index contributed by atoms with van der Waals surface area (Å²) in [4.78, 5) is 0. The van der Waals surface area contributed by atoms with Crippen LogP contribution in [0.5, 0.6) is 11.5 Å². The van der Waals surface area contributed by atoms with E-state index in [0.29, 0.717) is 13.2 Å². The smallest absolute Gasteiger partial charge is 0.334 e. The Bertz CT molecular complexity index is 794. The van der Waals surface area contributed by atoms with Gasteiger partial charge in [-0.15, -0.1) is 0 Å². The topological polar surface area (TPSA) is 54.0 Å². The van der Waals surface area contributed by atoms with Gasteiger partial charge in [-0.25, -0.2) is 0 Å². The van der Waals surface area contributed by atoms with E-state index in [1.807, 2.05) is 66.8 Å². The maximum atomic E-state index is 12.6. The summed E-state index contributed by atoms with van der Waals surface area (Å²) in [6, 6.07) is 15.7. The highest BCUT2D eigenvalue weighted by Gasteiger charge is 2.20. The minimum Gasteiger partial charge on any atom is -0.497 e. The number of benzene rings is 2. The van der Waals surface area contributed by atoms with E-state index < -0.39 is 7.60 Å². The van der Waals surface area contributed by atoms with E-state index in [9.17, 15) is 4.57 Å². The quantitative estimate of drug-likeness (QED) is 0.334. The highest BCUT2D eigenvalue weighted by atomic mass is 31.2. The molecule has 2 rings (SSSR count). The summed E-state index contributed by atoms with van der Waals surface area (Å²) in [6.07, 6.45) is 5.92. The molecule has 6 heteroatoms. The number of ether oxygens (including phenoxy) is 2. The van der Waals surface area contributed by atoms with Gasteiger partial charge in [0.05, 0.1) is 33.6 Å². The van der Waals surface area contributed by atoms with Gasteiger partial charge < -0.3 is 18.5 Å². The molecule has 0 unspecified atom stereocenters. The number of hydrogen-bond acceptors (Lipinski definition) is 5. The molecule has 0 spiro atoms. The zero-order valence-electron chi connectivity index (χ0n) is 17.5. The third-order valence-corrected chi connectivity index (χ3v) is 6.14. The monoisotopic (exact) mass is 416 g/mol. The van der Waals surface area contributed by atoms with Gasteiger partial charge >= 0.3 is 7.60 Å². The maximum absolute atomic E-state index is 12.6. The molecule has 0 aromatic heterocycles. The fraction of sp³-hybridized carbons (Fsp3) is 0.304. The van der Waals surface area contributed by atoms with Crippen molar-refractivity contribution >= 4 is 13.2 Å². The molecule has 0 aliphatic carbocycles. The molecule has 2 aromatic rings. The lowest BCUT2D eigenvalue weighted by molar-refractivity contribution is 0.222. The second-order valence-electron chi connectivity index (χ2n) is 6.09. The van der Waals surface area contributed by atoms with Crippen LogP contribution in [0.3, 0.4) is 0 Å². The van der Waals surface area contributed by atoms with E-state index in [1.165, 1.54) is 0 Å². The van der Waals surface area contributed by atoms with Crippen molar-refractivity contribution in [3.63, 3.8) is 0 Å². The van der Waals surface area contributed by atoms with Crippen molar-refractivity contribution in [1.82, 2.24) is 0 Å². The van der Waals surface area contributed by atoms with Crippen molar-refractivity contribution in [2.45, 2.75) is 13.8 Å². The lowest BCUT2D eigenvalue weighted by Crippen LogP contribution is -1.98. The third kappa shape index (κ3) is 6.90. The van der Waals surface area contributed by atoms with Crippen LogP contribution < -0.4 is 9.47 Å². The highest BCUT2D eigenvalue weighted by molar-refractivity contribution is 7.54. The zero-order chi connectivity index (χ0) is 21.1. The van der Waals surface area contributed by atoms with Crippen LogP contribution in [0.2, 0.25) is 0 Å². The van der Waals surface area contributed by atoms with Gasteiger partial charge in [0.2, 0.25) is 0 Å². The first-order valence-electron chi connectivity index (χ1n) is 9.59. The molecule has 0 saturated carbocycles. The maximum Gasteiger partial charge on any atom is 0.334 e. The molecule has 29 heavy (non-hydrogen) atoms. The molecule has 0 fully saturated rings. The molecule has 0 bridgehead atoms. The van der Waals surface area contributed by atoms with E-state index in [-0.39, 0.29) is 6.16 Å². The summed E-state index contributed by atoms with van der Waals surface area (Å²) in [7, 11) is 0.198. The molecule has 0 heterocycles. The highest BCUT2D eigenvalue weighted by Crippen LogP contribution is 2.47. The fourth-order valence-corrected chi connectivity index (χ4v) is 4.24. The first-order valence-corrected chi connectivity index (χ1v) is 11.3. The number of rotatable bonds is 11. The first-order chi connectivity index (χ1) is 14.0. The van der Waals surface area contributed by atoms with Crippen LogP contribution in [0.1, 0.15) is 25.0 Å². The Morgan fingerprint density at radius 2 is 1.28 bits per heavy atom. The Morgan fingerprint density at radius 1 is 0.828 bits per heavy atom. The zero-order valence-corrected chi connectivity index (χ0v) is 18.4. The largest absolute Gasteiger partial charge is 0.497 e. The van der Waals surface area contributed by atoms with Gasteiger partial charge in [0.25, 0.3) is 0 Å². The molecule has 0 radical (unpaired) electrons. The Labute approximate surface area is 173 Å². The lowest BCUT2D eigenvalue weighted by Gasteiger charge is -2.14. The summed E-state index contributed by atoms with van der Waals surface area (Å²) in [5.74, 6) is 1.60. The third-order valence-electron chi connectivity index (χ3n) is 4.18. The van der Waals surface area contributed by atoms with Gasteiger partial charge in [0.1, 0.15) is 11.5 Å². The molecule has 0 amide bonds. The van der Waals surface area contributed by atoms with Gasteiger partial charge in [-0.1, -0.05) is 42.5 Å². The van der Waals surface area contributed by atoms with Crippen molar-refractivity contribution < 1.29 is 23.1 Å². The van der Waals surface area contributed by atoms with Gasteiger partial charge in [-0.05, 0) is 54.8 Å². The Morgan fingerprint density at radius 3 is 1.66 bits per heavy atom. The van der Waals surface area contributed by atoms with E-state index in [2.05, 4.69) is 0 Å². The predicted molar refractivity (Wildman–Crippen MR) is 118 cm³/mol. The second-order valence-corrected chi connectivity index (χ2v) is 8.20. The second kappa shape index (κ2) is 11.6. The number of methoxy groups -OCH3 is 2. The van der Waals surface area contributed by atoms with Crippen molar-refractivity contribution in [3.8, 4) is 11.5 Å². The van der Waals surface area contributed by atoms with Crippen LogP contribution in [-0.2, 0) is 13.6 Å². The summed E-state index contributed by atoms with van der Waals surface area (Å²) in [5, 5.41) is 0. The van der Waals surface area contributed by atoms with Crippen LogP contribution in [-0.4, -0.2) is 33.6 Å². The molecule has 2 aromatic carbocycles. The van der Waals surface area contributed by atoms with Gasteiger partial charge in [0.15, 0.2) is 0 Å². The van der Waals surface area contributed by atoms with Crippen LogP contribution in [0.4, 0.5) is 0 Å². The minimum absolute atomic E-state index is 0.226. The van der Waals surface area contributed by atoms with Crippen LogP contribution in [0.15, 0.2) is 66.8 Å². The van der Waals surface area contributed by atoms with E-state index in [4.69, 9.17) is 18.5 Å². The molecular formula is C23H29O5P. The molecule has 0 atom stereocenters. The van der Waals surface area contributed by atoms with Gasteiger partial charge in [-0.2, -0.15) is 0 Å². The fourth-order valence-electron chi connectivity index (χ4n) is 2.79. The van der Waals surface area contributed by atoms with Crippen LogP contribution in [0.25, 0.3) is 5.57 Å². The standard InChI is InChI=1S/C23H29O5P/c1-5-27-29(24,28-6-2)18-8-7-9-23(19-10-14-21(25-3)15-11-19)20-12-16-22(26-4)17-13-20/h7-17H,5-6,18H2,1-4H3. The van der Waals surface area contributed by atoms with E-state index in [1.54, 1.807) is 28.1 Å². The summed E-state index contributed by atoms with van der Waals surface area (Å²) >= 11 is 0. The average molecular weight is 416 g/mol. The SMILES string of the molecule is CCOP(=O)(CC=CC=C(c1ccc(OC)cc1)c1ccc(OC)cc1)OCC. The summed E-state index contributed by atoms with van der Waals surface area (Å²) in [6.45, 7) is 4.31. The molecule has 5 nitrogen and oxygen atoms in total. The summed E-state index contributed by atoms with van der Waals surface area (Å²) < 4.78 is 33.8. The van der Waals surface area contributed by atoms with E-state index >= 15 is 0 Å². The lowest BCUT2D eigenvalue weighted by atomic mass is 9.97. The molecule has 0 N–H and O–H groups in total. The minimum atomic E-state index is -3.09. The first kappa shape index (κ1) is 23.0. The molecular weight excluding hydrogens is 387 g/mol. The van der Waals surface area contributed by atoms with Crippen molar-refractivity contribution in [1.29, 1.82) is 0 Å². The summed E-state index contributed by atoms with van der Waals surface area (Å²) in [5.41, 5.74) is 3.10. The van der Waals surface area contributed by atoms with Crippen molar-refractivity contribution in [2.75, 3.05) is 33.6 Å². The Hall–Kier alpha value is -2.33. The Kier molecular flexibility index (Phi) is 9.20. The molecule has 0 aliphatic rings. The molecule has 156 valence electrons. The number of hydrogen-bond donors (Lipinski definition) is 0. The Balaban J connectivity index is 2.31. The number of allylic oxidation sites excluding steroid dienone is 3. The average Bonchev–Trinajstić information content (AvgIpc) is 2.74. The molecule has 0 aliphatic heterocycles. The normalized spacial score (nSPS) is 11.4.